The van der Waals surface area contributed by atoms with Crippen molar-refractivity contribution in [3.63, 3.8) is 0 Å². The highest BCUT2D eigenvalue weighted by molar-refractivity contribution is 6.33. The Kier molecular flexibility index (Phi) is 3.48. The Balaban J connectivity index is 2.72. The first-order chi connectivity index (χ1) is 8.54. The molecule has 94 valence electrons. The predicted molar refractivity (Wildman–Crippen MR) is 63.3 cm³/mol. The van der Waals surface area contributed by atoms with E-state index >= 15 is 0 Å². The van der Waals surface area contributed by atoms with E-state index in [4.69, 9.17) is 16.3 Å². The van der Waals surface area contributed by atoms with E-state index in [1.54, 1.807) is 0 Å². The van der Waals surface area contributed by atoms with Gasteiger partial charge in [0.15, 0.2) is 0 Å². The molecule has 0 aliphatic carbocycles. The molecule has 0 fully saturated rings. The lowest BCUT2D eigenvalue weighted by atomic mass is 10.0. The molecule has 0 amide bonds. The van der Waals surface area contributed by atoms with Gasteiger partial charge >= 0.3 is 0 Å². The Labute approximate surface area is 107 Å². The molecule has 5 heteroatoms. The highest BCUT2D eigenvalue weighted by atomic mass is 35.5. The summed E-state index contributed by atoms with van der Waals surface area (Å²) in [6.45, 7) is 0. The van der Waals surface area contributed by atoms with Gasteiger partial charge in [0.25, 0.3) is 0 Å². The van der Waals surface area contributed by atoms with Gasteiger partial charge < -0.3 is 4.74 Å². The smallest absolute Gasteiger partial charge is 0.137 e. The average molecular weight is 273 g/mol. The van der Waals surface area contributed by atoms with Crippen molar-refractivity contribution in [1.82, 2.24) is 0 Å². The summed E-state index contributed by atoms with van der Waals surface area (Å²) in [5, 5.41) is -0.0574. The number of methoxy groups -OCH3 is 1. The molecule has 18 heavy (non-hydrogen) atoms. The van der Waals surface area contributed by atoms with Crippen LogP contribution < -0.4 is 4.74 Å². The number of benzene rings is 2. The Hall–Kier alpha value is -1.68. The van der Waals surface area contributed by atoms with Crippen molar-refractivity contribution >= 4 is 11.6 Å². The number of hydrogen-bond acceptors (Lipinski definition) is 1. The van der Waals surface area contributed by atoms with Crippen LogP contribution in [-0.4, -0.2) is 7.11 Å². The van der Waals surface area contributed by atoms with Crippen molar-refractivity contribution in [2.45, 2.75) is 0 Å². The van der Waals surface area contributed by atoms with E-state index in [-0.39, 0.29) is 16.3 Å². The molecule has 0 N–H and O–H groups in total. The molecule has 0 spiro atoms. The van der Waals surface area contributed by atoms with Gasteiger partial charge in [-0.05, 0) is 12.1 Å². The van der Waals surface area contributed by atoms with Crippen molar-refractivity contribution in [2.24, 2.45) is 0 Å². The summed E-state index contributed by atoms with van der Waals surface area (Å²) in [5.41, 5.74) is -0.796. The van der Waals surface area contributed by atoms with Gasteiger partial charge in [-0.3, -0.25) is 0 Å². The lowest BCUT2D eigenvalue weighted by Crippen LogP contribution is -1.96. The first-order valence-electron chi connectivity index (χ1n) is 5.02. The Morgan fingerprint density at radius 1 is 0.944 bits per heavy atom. The van der Waals surface area contributed by atoms with Crippen LogP contribution in [0.3, 0.4) is 0 Å². The van der Waals surface area contributed by atoms with Crippen molar-refractivity contribution in [2.75, 3.05) is 7.11 Å². The molecule has 0 saturated carbocycles. The maximum atomic E-state index is 13.8. The van der Waals surface area contributed by atoms with Crippen LogP contribution in [0.2, 0.25) is 5.02 Å². The highest BCUT2D eigenvalue weighted by Crippen LogP contribution is 2.35. The van der Waals surface area contributed by atoms with Crippen molar-refractivity contribution in [1.29, 1.82) is 0 Å². The van der Waals surface area contributed by atoms with Gasteiger partial charge in [0.2, 0.25) is 0 Å². The van der Waals surface area contributed by atoms with Crippen LogP contribution in [0.15, 0.2) is 30.3 Å². The molecular weight excluding hydrogens is 265 g/mol. The molecule has 2 aromatic rings. The van der Waals surface area contributed by atoms with E-state index in [1.807, 2.05) is 0 Å². The second-order valence-electron chi connectivity index (χ2n) is 3.56. The Morgan fingerprint density at radius 3 is 2.06 bits per heavy atom. The normalized spacial score (nSPS) is 10.5. The van der Waals surface area contributed by atoms with Gasteiger partial charge in [-0.2, -0.15) is 0 Å². The number of halogens is 4. The molecule has 0 aromatic heterocycles. The molecule has 2 aromatic carbocycles. The average Bonchev–Trinajstić information content (AvgIpc) is 2.31. The first kappa shape index (κ1) is 12.8. The lowest BCUT2D eigenvalue weighted by molar-refractivity contribution is 0.407. The molecule has 0 aliphatic heterocycles. The molecule has 0 aliphatic rings. The molecule has 1 nitrogen and oxygen atoms in total. The molecule has 0 bridgehead atoms. The molecule has 0 heterocycles. The van der Waals surface area contributed by atoms with E-state index in [9.17, 15) is 13.2 Å². The van der Waals surface area contributed by atoms with Gasteiger partial charge in [0, 0.05) is 17.7 Å². The molecular formula is C13H8ClF3O. The third-order valence-corrected chi connectivity index (χ3v) is 2.78. The third-order valence-electron chi connectivity index (χ3n) is 2.46. The van der Waals surface area contributed by atoms with Crippen molar-refractivity contribution < 1.29 is 17.9 Å². The fraction of sp³-hybridized carbons (Fsp3) is 0.0769. The quantitative estimate of drug-likeness (QED) is 0.786. The summed E-state index contributed by atoms with van der Waals surface area (Å²) in [6, 6.07) is 5.76. The minimum absolute atomic E-state index is 0.0150. The van der Waals surface area contributed by atoms with Crippen molar-refractivity contribution in [3.05, 3.63) is 52.8 Å². The van der Waals surface area contributed by atoms with E-state index in [0.717, 1.165) is 18.2 Å². The summed E-state index contributed by atoms with van der Waals surface area (Å²) >= 11 is 5.78. The van der Waals surface area contributed by atoms with Crippen LogP contribution in [0.25, 0.3) is 11.1 Å². The largest absolute Gasteiger partial charge is 0.497 e. The lowest BCUT2D eigenvalue weighted by Gasteiger charge is -2.10. The van der Waals surface area contributed by atoms with Gasteiger partial charge in [0.1, 0.15) is 23.2 Å². The maximum absolute atomic E-state index is 13.8. The second kappa shape index (κ2) is 4.90. The standard InChI is InChI=1S/C13H8ClF3O/c1-18-7-5-10(16)13(11(17)6-7)12-8(14)3-2-4-9(12)15/h2-6H,1H3. The molecule has 0 atom stereocenters. The Bertz CT molecular complexity index is 556. The zero-order chi connectivity index (χ0) is 13.3. The summed E-state index contributed by atoms with van der Waals surface area (Å²) in [6.07, 6.45) is 0. The Morgan fingerprint density at radius 2 is 1.56 bits per heavy atom. The second-order valence-corrected chi connectivity index (χ2v) is 3.97. The molecule has 0 radical (unpaired) electrons. The topological polar surface area (TPSA) is 9.23 Å². The monoisotopic (exact) mass is 272 g/mol. The summed E-state index contributed by atoms with van der Waals surface area (Å²) in [4.78, 5) is 0. The van der Waals surface area contributed by atoms with Crippen LogP contribution in [0.5, 0.6) is 5.75 Å². The van der Waals surface area contributed by atoms with Crippen LogP contribution in [0.4, 0.5) is 13.2 Å². The van der Waals surface area contributed by atoms with E-state index in [1.165, 1.54) is 19.2 Å². The van der Waals surface area contributed by atoms with E-state index in [0.29, 0.717) is 0 Å². The van der Waals surface area contributed by atoms with Crippen LogP contribution in [0.1, 0.15) is 0 Å². The fourth-order valence-electron chi connectivity index (χ4n) is 1.64. The minimum atomic E-state index is -0.932. The van der Waals surface area contributed by atoms with Crippen LogP contribution >= 0.6 is 11.6 Å². The van der Waals surface area contributed by atoms with E-state index < -0.39 is 23.0 Å². The van der Waals surface area contributed by atoms with Gasteiger partial charge in [0.05, 0.1) is 17.7 Å². The van der Waals surface area contributed by atoms with E-state index in [2.05, 4.69) is 0 Å². The SMILES string of the molecule is COc1cc(F)c(-c2c(F)cccc2Cl)c(F)c1. The van der Waals surface area contributed by atoms with Crippen LogP contribution in [0, 0.1) is 17.5 Å². The maximum Gasteiger partial charge on any atom is 0.137 e. The zero-order valence-corrected chi connectivity index (χ0v) is 10.1. The minimum Gasteiger partial charge on any atom is -0.497 e. The molecule has 2 rings (SSSR count). The predicted octanol–water partition coefficient (Wildman–Crippen LogP) is 4.43. The number of hydrogen-bond donors (Lipinski definition) is 0. The van der Waals surface area contributed by atoms with Crippen LogP contribution in [-0.2, 0) is 0 Å². The third kappa shape index (κ3) is 2.16. The van der Waals surface area contributed by atoms with Gasteiger partial charge in [-0.1, -0.05) is 17.7 Å². The first-order valence-corrected chi connectivity index (χ1v) is 5.39. The summed E-state index contributed by atoms with van der Waals surface area (Å²) in [5.74, 6) is -2.63. The molecule has 0 unspecified atom stereocenters. The van der Waals surface area contributed by atoms with Crippen molar-refractivity contribution in [3.8, 4) is 16.9 Å². The zero-order valence-electron chi connectivity index (χ0n) is 9.31. The van der Waals surface area contributed by atoms with Gasteiger partial charge in [-0.25, -0.2) is 13.2 Å². The number of rotatable bonds is 2. The van der Waals surface area contributed by atoms with Gasteiger partial charge in [-0.15, -0.1) is 0 Å². The number of ether oxygens (including phenoxy) is 1. The highest BCUT2D eigenvalue weighted by Gasteiger charge is 2.19. The molecule has 0 saturated heterocycles. The summed E-state index contributed by atoms with van der Waals surface area (Å²) in [7, 11) is 1.28. The summed E-state index contributed by atoms with van der Waals surface area (Å²) < 4.78 is 45.9. The fourth-order valence-corrected chi connectivity index (χ4v) is 1.90.